The highest BCUT2D eigenvalue weighted by Crippen LogP contribution is 2.54. The number of hydrogen-bond donors (Lipinski definition) is 5. The van der Waals surface area contributed by atoms with Gasteiger partial charge in [0, 0.05) is 61.0 Å². The molecule has 0 spiro atoms. The summed E-state index contributed by atoms with van der Waals surface area (Å²) in [5, 5.41) is 70.1. The number of quaternary nitrogens is 1. The van der Waals surface area contributed by atoms with Gasteiger partial charge in [0.2, 0.25) is 5.78 Å². The Kier molecular flexibility index (Phi) is 17.1. The van der Waals surface area contributed by atoms with E-state index in [0.717, 1.165) is 17.6 Å². The van der Waals surface area contributed by atoms with Gasteiger partial charge in [-0.15, -0.1) is 5.54 Å². The molecule has 17 heteroatoms. The summed E-state index contributed by atoms with van der Waals surface area (Å²) in [6.45, 7) is 22.5. The molecule has 2 aromatic rings. The fourth-order valence-electron chi connectivity index (χ4n) is 9.03. The number of likely N-dealkylation sites (N-methyl/N-ethyl adjacent to an activating group) is 1. The van der Waals surface area contributed by atoms with Gasteiger partial charge in [0.25, 0.3) is 11.7 Å². The topological polar surface area (TPSA) is 220 Å². The number of fused-ring (bicyclic) bond motifs is 16. The molecule has 4 heterocycles. The Balaban J connectivity index is 1.61. The fourth-order valence-corrected chi connectivity index (χ4v) is 9.64. The van der Waals surface area contributed by atoms with Crippen LogP contribution in [-0.2, 0) is 23.8 Å². The number of piperazine rings is 1. The van der Waals surface area contributed by atoms with Gasteiger partial charge in [0.1, 0.15) is 38.0 Å². The number of ketones is 1. The summed E-state index contributed by atoms with van der Waals surface area (Å²) in [4.78, 5) is 40.8. The van der Waals surface area contributed by atoms with Gasteiger partial charge in [0.05, 0.1) is 81.2 Å². The van der Waals surface area contributed by atoms with Gasteiger partial charge in [-0.3, -0.25) is 19.4 Å². The largest absolute Gasteiger partial charge is 0.872 e. The number of esters is 1. The molecule has 0 radical (unpaired) electrons. The van der Waals surface area contributed by atoms with Crippen LogP contribution in [0.15, 0.2) is 41.1 Å². The number of benzene rings is 2. The van der Waals surface area contributed by atoms with E-state index < -0.39 is 102 Å². The van der Waals surface area contributed by atoms with E-state index in [9.17, 15) is 39.9 Å². The second-order valence-electron chi connectivity index (χ2n) is 20.2. The van der Waals surface area contributed by atoms with Crippen LogP contribution in [0.2, 0.25) is 19.6 Å². The average molecular weight is 961 g/mol. The molecular formula is C51H72N4O12Si. The van der Waals surface area contributed by atoms with Crippen molar-refractivity contribution < 1.29 is 63.3 Å². The second kappa shape index (κ2) is 21.6. The number of amides is 1. The van der Waals surface area contributed by atoms with E-state index in [1.54, 1.807) is 45.1 Å². The second-order valence-corrected chi connectivity index (χ2v) is 24.9. The van der Waals surface area contributed by atoms with Crippen LogP contribution in [0.3, 0.4) is 0 Å². The van der Waals surface area contributed by atoms with E-state index in [4.69, 9.17) is 18.9 Å². The van der Waals surface area contributed by atoms with Crippen molar-refractivity contribution in [3.8, 4) is 34.5 Å². The maximum Gasteiger partial charge on any atom is 0.302 e. The van der Waals surface area contributed by atoms with E-state index in [1.165, 1.54) is 47.1 Å². The van der Waals surface area contributed by atoms with E-state index in [2.05, 4.69) is 48.6 Å². The van der Waals surface area contributed by atoms with E-state index in [-0.39, 0.29) is 52.1 Å². The lowest BCUT2D eigenvalue weighted by Crippen LogP contribution is -2.56. The smallest absolute Gasteiger partial charge is 0.302 e. The number of anilines is 1. The molecule has 9 atom stereocenters. The molecule has 4 aliphatic heterocycles. The van der Waals surface area contributed by atoms with Gasteiger partial charge < -0.3 is 54.3 Å². The Hall–Kier alpha value is -5.22. The molecule has 1 amide bonds. The molecule has 6 rings (SSSR count). The number of phenolic OH excluding ortho intramolecular Hbond substituents is 2. The highest BCUT2D eigenvalue weighted by atomic mass is 28.3. The number of aliphatic hydroxyl groups excluding tert-OH is 2. The Bertz CT molecular complexity index is 2420. The van der Waals surface area contributed by atoms with Crippen molar-refractivity contribution in [2.75, 3.05) is 58.8 Å². The first-order chi connectivity index (χ1) is 31.8. The van der Waals surface area contributed by atoms with Crippen LogP contribution >= 0.6 is 0 Å². The zero-order valence-electron chi connectivity index (χ0n) is 41.9. The minimum absolute atomic E-state index is 0.0201. The summed E-state index contributed by atoms with van der Waals surface area (Å²) in [6, 6.07) is 0. The van der Waals surface area contributed by atoms with Crippen molar-refractivity contribution in [1.82, 2.24) is 5.01 Å². The van der Waals surface area contributed by atoms with Crippen LogP contribution in [-0.4, -0.2) is 146 Å². The molecular weight excluding hydrogens is 889 g/mol. The van der Waals surface area contributed by atoms with E-state index in [1.807, 2.05) is 11.9 Å². The quantitative estimate of drug-likeness (QED) is 0.0364. The number of phenols is 2. The van der Waals surface area contributed by atoms with Gasteiger partial charge in [0.15, 0.2) is 0 Å². The number of hydrogen-bond acceptors (Lipinski definition) is 14. The molecule has 5 N–H and O–H groups in total. The Labute approximate surface area is 401 Å². The molecule has 1 fully saturated rings. The molecule has 1 saturated heterocycles. The van der Waals surface area contributed by atoms with Crippen molar-refractivity contribution in [3.05, 3.63) is 52.6 Å². The summed E-state index contributed by atoms with van der Waals surface area (Å²) in [5.41, 5.74) is 2.96. The first kappa shape index (κ1) is 53.7. The van der Waals surface area contributed by atoms with E-state index >= 15 is 0 Å². The van der Waals surface area contributed by atoms with Crippen molar-refractivity contribution in [3.63, 3.8) is 0 Å². The maximum absolute atomic E-state index is 14.5. The summed E-state index contributed by atoms with van der Waals surface area (Å²) < 4.78 is 24.6. The van der Waals surface area contributed by atoms with Crippen molar-refractivity contribution in [2.45, 2.75) is 112 Å². The number of nitrogens with zero attached hydrogens (tertiary/aromatic N) is 3. The van der Waals surface area contributed by atoms with Crippen LogP contribution in [0.1, 0.15) is 76.4 Å². The van der Waals surface area contributed by atoms with Crippen LogP contribution in [0.4, 0.5) is 5.69 Å². The molecule has 68 heavy (non-hydrogen) atoms. The number of methoxy groups -OCH3 is 1. The Morgan fingerprint density at radius 3 is 2.32 bits per heavy atom. The van der Waals surface area contributed by atoms with Crippen LogP contribution < -0.4 is 15.2 Å². The minimum Gasteiger partial charge on any atom is -0.872 e. The summed E-state index contributed by atoms with van der Waals surface area (Å²) >= 11 is 0. The molecule has 16 nitrogen and oxygen atoms in total. The SMILES string of the molecule is CO[C@H]1/C=C/CCO[C@@]2(C)Oc3c(C)c([O-])c4c(O)c(c(/C=N/N5CC[N+](C)(CC#C[Si](C)(C)C)CC5)c(O)c4c3C2=O)NC(=O)/C(C)=C\C=C\[C@H](C)[C@H](O)[C@@H](C)[C@@H](O)[C@@H](C)[C@H](OC(C)=O)[C@@H]1C. The number of rotatable bonds is 5. The van der Waals surface area contributed by atoms with Gasteiger partial charge >= 0.3 is 5.97 Å². The molecule has 5 bridgehead atoms. The van der Waals surface area contributed by atoms with Gasteiger partial charge in [-0.1, -0.05) is 89.4 Å². The van der Waals surface area contributed by atoms with E-state index in [0.29, 0.717) is 19.6 Å². The van der Waals surface area contributed by atoms with Crippen molar-refractivity contribution in [2.24, 2.45) is 28.8 Å². The monoisotopic (exact) mass is 960 g/mol. The third-order valence-electron chi connectivity index (χ3n) is 13.5. The predicted octanol–water partition coefficient (Wildman–Crippen LogP) is 5.53. The highest BCUT2D eigenvalue weighted by Gasteiger charge is 2.48. The van der Waals surface area contributed by atoms with Gasteiger partial charge in [-0.2, -0.15) is 5.10 Å². The van der Waals surface area contributed by atoms with Crippen LogP contribution in [0.25, 0.3) is 10.8 Å². The van der Waals surface area contributed by atoms with Gasteiger partial charge in [-0.05, 0) is 25.8 Å². The number of aromatic hydroxyl groups is 2. The number of Topliss-reactive ketones (excluding diaryl/α,β-unsaturated/α-hetero) is 1. The molecule has 0 unspecified atom stereocenters. The number of carbonyl (C=O) groups is 3. The van der Waals surface area contributed by atoms with Crippen molar-refractivity contribution in [1.29, 1.82) is 0 Å². The summed E-state index contributed by atoms with van der Waals surface area (Å²) in [6.07, 6.45) is 6.31. The number of allylic oxidation sites excluding steroid dienone is 2. The van der Waals surface area contributed by atoms with Crippen LogP contribution in [0, 0.1) is 42.1 Å². The lowest BCUT2D eigenvalue weighted by Gasteiger charge is -2.39. The number of carbonyl (C=O) groups excluding carboxylic acids is 3. The standard InChI is InChI=1S/C51H72N4O12Si/c1-29-18-16-19-30(2)50(63)53-41-36(28-52-54-21-24-55(9,25-22-54)23-17-27-68(11,12)13)45(60)38-39(46(41)61)44(59)34(6)48-40(38)49(62)51(8,67-48)65-26-15-14-20-37(64-10)31(3)47(66-35(7)56)33(5)43(58)32(4)42(29)57/h14,16,18-20,28-29,31-33,37,42-43,47,57-58H,15,21-26H2,1-13H3,(H3-,52,53,59,60,61,62,63)/b18-16+,20-14+,30-19-/t29-,31+,32+,33+,37-,42-,43+,47+,51-/m0/s1. The average Bonchev–Trinajstić information content (AvgIpc) is 3.54. The first-order valence-electron chi connectivity index (χ1n) is 23.4. The molecule has 0 saturated carbocycles. The normalized spacial score (nSPS) is 30.4. The molecule has 4 aliphatic rings. The Morgan fingerprint density at radius 2 is 1.71 bits per heavy atom. The minimum atomic E-state index is -1.94. The molecule has 372 valence electrons. The summed E-state index contributed by atoms with van der Waals surface area (Å²) in [7, 11) is 2.12. The third kappa shape index (κ3) is 11.8. The molecule has 0 aromatic heterocycles. The number of aliphatic hydroxyl groups is 2. The zero-order valence-corrected chi connectivity index (χ0v) is 42.9. The Morgan fingerprint density at radius 1 is 1.04 bits per heavy atom. The first-order valence-corrected chi connectivity index (χ1v) is 26.9. The van der Waals surface area contributed by atoms with Crippen LogP contribution in [0.5, 0.6) is 23.0 Å². The highest BCUT2D eigenvalue weighted by molar-refractivity contribution is 6.83. The number of nitrogens with one attached hydrogen (secondary N) is 1. The molecule has 0 aliphatic carbocycles. The number of ether oxygens (including phenoxy) is 4. The third-order valence-corrected chi connectivity index (χ3v) is 14.4. The predicted molar refractivity (Wildman–Crippen MR) is 262 cm³/mol. The van der Waals surface area contributed by atoms with Crippen molar-refractivity contribution >= 4 is 48.4 Å². The zero-order chi connectivity index (χ0) is 50.6. The molecule has 2 aromatic carbocycles. The summed E-state index contributed by atoms with van der Waals surface area (Å²) in [5.74, 6) is -4.91. The van der Waals surface area contributed by atoms with Gasteiger partial charge in [-0.25, -0.2) is 0 Å². The maximum atomic E-state index is 14.5. The lowest BCUT2D eigenvalue weighted by atomic mass is 9.78. The number of hydrazone groups is 1. The fraction of sp³-hybridized carbons (Fsp3) is 0.569. The lowest BCUT2D eigenvalue weighted by molar-refractivity contribution is -0.906.